The Morgan fingerprint density at radius 2 is 1.76 bits per heavy atom. The Kier molecular flexibility index (Phi) is 6.80. The maximum absolute atomic E-state index is 13.3. The van der Waals surface area contributed by atoms with Crippen LogP contribution in [-0.4, -0.2) is 47.5 Å². The van der Waals surface area contributed by atoms with Crippen molar-refractivity contribution in [1.82, 2.24) is 15.2 Å². The lowest BCUT2D eigenvalue weighted by Gasteiger charge is -2.39. The molecule has 1 saturated carbocycles. The van der Waals surface area contributed by atoms with Crippen LogP contribution in [0.5, 0.6) is 0 Å². The fraction of sp³-hybridized carbons (Fsp3) is 0.696. The first-order valence-corrected chi connectivity index (χ1v) is 11.3. The van der Waals surface area contributed by atoms with Gasteiger partial charge in [0.05, 0.1) is 11.7 Å². The van der Waals surface area contributed by atoms with Gasteiger partial charge in [0.15, 0.2) is 0 Å². The van der Waals surface area contributed by atoms with Gasteiger partial charge in [0.1, 0.15) is 0 Å². The van der Waals surface area contributed by atoms with Gasteiger partial charge in [-0.2, -0.15) is 0 Å². The Bertz CT molecular complexity index is 682. The van der Waals surface area contributed by atoms with E-state index in [0.29, 0.717) is 13.2 Å². The average Bonchev–Trinajstić information content (AvgIpc) is 2.80. The highest BCUT2D eigenvalue weighted by atomic mass is 16.5. The topological polar surface area (TPSA) is 71.5 Å². The molecule has 0 spiro atoms. The van der Waals surface area contributed by atoms with E-state index in [9.17, 15) is 9.59 Å². The number of piperidine rings is 1. The molecule has 0 bridgehead atoms. The molecular formula is C23H33N3O3. The monoisotopic (exact) mass is 399 g/mol. The van der Waals surface area contributed by atoms with Crippen LogP contribution in [-0.2, 0) is 14.3 Å². The molecule has 3 aliphatic rings. The van der Waals surface area contributed by atoms with Crippen LogP contribution in [0.2, 0.25) is 0 Å². The number of carbonyl (C=O) groups excluding carboxylic acids is 2. The second-order valence-corrected chi connectivity index (χ2v) is 8.74. The maximum atomic E-state index is 13.3. The summed E-state index contributed by atoms with van der Waals surface area (Å²) in [5, 5.41) is 3.23. The van der Waals surface area contributed by atoms with Gasteiger partial charge < -0.3 is 15.0 Å². The molecule has 29 heavy (non-hydrogen) atoms. The first-order chi connectivity index (χ1) is 14.2. The van der Waals surface area contributed by atoms with Crippen LogP contribution in [0.1, 0.15) is 69.5 Å². The smallest absolute Gasteiger partial charge is 0.226 e. The largest absolute Gasteiger partial charge is 0.381 e. The second-order valence-electron chi connectivity index (χ2n) is 8.74. The van der Waals surface area contributed by atoms with Gasteiger partial charge in [-0.1, -0.05) is 6.07 Å². The summed E-state index contributed by atoms with van der Waals surface area (Å²) in [4.78, 5) is 32.4. The summed E-state index contributed by atoms with van der Waals surface area (Å²) in [6, 6.07) is 6.30. The number of hydrogen-bond donors (Lipinski definition) is 1. The van der Waals surface area contributed by atoms with Crippen LogP contribution in [0.25, 0.3) is 0 Å². The van der Waals surface area contributed by atoms with Crippen LogP contribution in [0.3, 0.4) is 0 Å². The van der Waals surface area contributed by atoms with E-state index in [-0.39, 0.29) is 35.7 Å². The summed E-state index contributed by atoms with van der Waals surface area (Å²) in [5.74, 6) is 0.634. The molecule has 1 aromatic rings. The number of ether oxygens (including phenoxy) is 1. The van der Waals surface area contributed by atoms with Crippen molar-refractivity contribution in [2.45, 2.75) is 69.9 Å². The Hall–Kier alpha value is -1.95. The van der Waals surface area contributed by atoms with E-state index in [4.69, 9.17) is 4.74 Å². The van der Waals surface area contributed by atoms with E-state index in [1.165, 1.54) is 0 Å². The predicted molar refractivity (Wildman–Crippen MR) is 110 cm³/mol. The van der Waals surface area contributed by atoms with Crippen molar-refractivity contribution in [1.29, 1.82) is 0 Å². The molecule has 2 amide bonds. The van der Waals surface area contributed by atoms with Gasteiger partial charge in [-0.05, 0) is 69.9 Å². The minimum atomic E-state index is 0.0792. The molecular weight excluding hydrogens is 366 g/mol. The van der Waals surface area contributed by atoms with Gasteiger partial charge in [0, 0.05) is 43.8 Å². The molecule has 6 nitrogen and oxygen atoms in total. The highest BCUT2D eigenvalue weighted by Gasteiger charge is 2.35. The van der Waals surface area contributed by atoms with Gasteiger partial charge in [-0.25, -0.2) is 0 Å². The number of nitrogens with one attached hydrogen (secondary N) is 1. The fourth-order valence-electron chi connectivity index (χ4n) is 5.07. The SMILES string of the molecule is O=C(NC1CCC(C(=O)N2CCCCC2c2ccccn2)CC1)C1CCOCC1. The van der Waals surface area contributed by atoms with Gasteiger partial charge in [0.2, 0.25) is 11.8 Å². The summed E-state index contributed by atoms with van der Waals surface area (Å²) in [7, 11) is 0. The average molecular weight is 400 g/mol. The summed E-state index contributed by atoms with van der Waals surface area (Å²) in [6.07, 6.45) is 10.2. The van der Waals surface area contributed by atoms with Crippen molar-refractivity contribution in [3.63, 3.8) is 0 Å². The zero-order valence-corrected chi connectivity index (χ0v) is 17.2. The number of nitrogens with zero attached hydrogens (tertiary/aromatic N) is 2. The molecule has 1 aliphatic carbocycles. The lowest BCUT2D eigenvalue weighted by Crippen LogP contribution is -2.46. The van der Waals surface area contributed by atoms with Crippen molar-refractivity contribution in [3.8, 4) is 0 Å². The normalized spacial score (nSPS) is 28.7. The van der Waals surface area contributed by atoms with E-state index in [1.54, 1.807) is 0 Å². The van der Waals surface area contributed by atoms with Crippen molar-refractivity contribution < 1.29 is 14.3 Å². The highest BCUT2D eigenvalue weighted by Crippen LogP contribution is 2.34. The minimum Gasteiger partial charge on any atom is -0.381 e. The number of likely N-dealkylation sites (tertiary alicyclic amines) is 1. The number of carbonyl (C=O) groups is 2. The third kappa shape index (κ3) is 4.97. The lowest BCUT2D eigenvalue weighted by molar-refractivity contribution is -0.140. The molecule has 0 aromatic carbocycles. The molecule has 1 unspecified atom stereocenters. The zero-order valence-electron chi connectivity index (χ0n) is 17.2. The third-order valence-electron chi connectivity index (χ3n) is 6.83. The van der Waals surface area contributed by atoms with E-state index in [2.05, 4.69) is 15.2 Å². The van der Waals surface area contributed by atoms with Crippen molar-refractivity contribution in [2.24, 2.45) is 11.8 Å². The molecule has 1 N–H and O–H groups in total. The van der Waals surface area contributed by atoms with Gasteiger partial charge >= 0.3 is 0 Å². The summed E-state index contributed by atoms with van der Waals surface area (Å²) < 4.78 is 5.35. The van der Waals surface area contributed by atoms with Crippen molar-refractivity contribution >= 4 is 11.8 Å². The Morgan fingerprint density at radius 1 is 0.966 bits per heavy atom. The van der Waals surface area contributed by atoms with Gasteiger partial charge in [0.25, 0.3) is 0 Å². The number of rotatable bonds is 4. The fourth-order valence-corrected chi connectivity index (χ4v) is 5.07. The molecule has 1 aromatic heterocycles. The predicted octanol–water partition coefficient (Wildman–Crippen LogP) is 3.24. The summed E-state index contributed by atoms with van der Waals surface area (Å²) in [5.41, 5.74) is 1.01. The molecule has 4 rings (SSSR count). The van der Waals surface area contributed by atoms with Crippen molar-refractivity contribution in [2.75, 3.05) is 19.8 Å². The zero-order chi connectivity index (χ0) is 20.1. The minimum absolute atomic E-state index is 0.0792. The number of amides is 2. The molecule has 2 aliphatic heterocycles. The molecule has 3 heterocycles. The van der Waals surface area contributed by atoms with E-state index in [0.717, 1.165) is 70.0 Å². The standard InChI is InChI=1S/C23H33N3O3/c27-22(17-11-15-29-16-12-17)25-19-9-7-18(8-10-19)23(28)26-14-4-2-6-21(26)20-5-1-3-13-24-20/h1,3,5,13,17-19,21H,2,4,6-12,14-16H2,(H,25,27). The quantitative estimate of drug-likeness (QED) is 0.844. The molecule has 6 heteroatoms. The molecule has 0 radical (unpaired) electrons. The number of aromatic nitrogens is 1. The van der Waals surface area contributed by atoms with Crippen LogP contribution in [0, 0.1) is 11.8 Å². The summed E-state index contributed by atoms with van der Waals surface area (Å²) >= 11 is 0. The molecule has 1 atom stereocenters. The second kappa shape index (κ2) is 9.70. The first-order valence-electron chi connectivity index (χ1n) is 11.3. The molecule has 2 saturated heterocycles. The lowest BCUT2D eigenvalue weighted by atomic mass is 9.83. The Labute approximate surface area is 173 Å². The Balaban J connectivity index is 1.30. The van der Waals surface area contributed by atoms with Gasteiger partial charge in [-0.3, -0.25) is 14.6 Å². The first kappa shape index (κ1) is 20.3. The van der Waals surface area contributed by atoms with Crippen molar-refractivity contribution in [3.05, 3.63) is 30.1 Å². The van der Waals surface area contributed by atoms with Crippen LogP contribution >= 0.6 is 0 Å². The molecule has 158 valence electrons. The Morgan fingerprint density at radius 3 is 2.48 bits per heavy atom. The van der Waals surface area contributed by atoms with Gasteiger partial charge in [-0.15, -0.1) is 0 Å². The van der Waals surface area contributed by atoms with E-state index < -0.39 is 0 Å². The highest BCUT2D eigenvalue weighted by molar-refractivity contribution is 5.80. The van der Waals surface area contributed by atoms with E-state index >= 15 is 0 Å². The van der Waals surface area contributed by atoms with Crippen LogP contribution < -0.4 is 5.32 Å². The van der Waals surface area contributed by atoms with E-state index in [1.807, 2.05) is 24.4 Å². The maximum Gasteiger partial charge on any atom is 0.226 e. The number of hydrogen-bond acceptors (Lipinski definition) is 4. The number of pyridine rings is 1. The molecule has 3 fully saturated rings. The summed E-state index contributed by atoms with van der Waals surface area (Å²) in [6.45, 7) is 2.21. The third-order valence-corrected chi connectivity index (χ3v) is 6.83. The van der Waals surface area contributed by atoms with Crippen LogP contribution in [0.15, 0.2) is 24.4 Å². The van der Waals surface area contributed by atoms with Crippen LogP contribution in [0.4, 0.5) is 0 Å².